The highest BCUT2D eigenvalue weighted by molar-refractivity contribution is 6.00. The predicted molar refractivity (Wildman–Crippen MR) is 183 cm³/mol. The van der Waals surface area contributed by atoms with E-state index in [0.29, 0.717) is 16.8 Å². The Kier molecular flexibility index (Phi) is 10.2. The molecule has 4 rings (SSSR count). The van der Waals surface area contributed by atoms with Crippen LogP contribution in [-0.4, -0.2) is 45.1 Å². The summed E-state index contributed by atoms with van der Waals surface area (Å²) in [6.07, 6.45) is 1.02. The number of phenolic OH excluding ortho intramolecular Hbond substituents is 1. The summed E-state index contributed by atoms with van der Waals surface area (Å²) in [6.45, 7) is 14.7. The van der Waals surface area contributed by atoms with Crippen molar-refractivity contribution in [1.29, 1.82) is 0 Å². The minimum atomic E-state index is -1.10. The molecule has 240 valence electrons. The van der Waals surface area contributed by atoms with E-state index in [4.69, 9.17) is 4.74 Å². The molecule has 4 aromatic carbocycles. The van der Waals surface area contributed by atoms with Crippen LogP contribution in [0.5, 0.6) is 5.75 Å². The zero-order valence-electron chi connectivity index (χ0n) is 27.3. The predicted octanol–water partition coefficient (Wildman–Crippen LogP) is 7.63. The van der Waals surface area contributed by atoms with Crippen LogP contribution in [0.3, 0.4) is 0 Å². The van der Waals surface area contributed by atoms with Gasteiger partial charge in [0, 0.05) is 17.6 Å². The van der Waals surface area contributed by atoms with Crippen molar-refractivity contribution in [2.75, 3.05) is 5.32 Å². The molecule has 0 spiro atoms. The number of benzene rings is 4. The molecule has 0 saturated carbocycles. The molecule has 0 bridgehead atoms. The second kappa shape index (κ2) is 13.9. The Bertz CT molecular complexity index is 1720. The quantitative estimate of drug-likeness (QED) is 0.178. The largest absolute Gasteiger partial charge is 0.508 e. The maximum Gasteiger partial charge on any atom is 0.408 e. The first-order valence-corrected chi connectivity index (χ1v) is 15.3. The van der Waals surface area contributed by atoms with Gasteiger partial charge < -0.3 is 25.4 Å². The molecule has 0 aliphatic heterocycles. The number of ether oxygens (including phenoxy) is 1. The highest BCUT2D eigenvalue weighted by atomic mass is 16.6. The first-order chi connectivity index (χ1) is 21.6. The number of aromatic hydroxyl groups is 1. The van der Waals surface area contributed by atoms with Crippen molar-refractivity contribution in [3.8, 4) is 5.75 Å². The van der Waals surface area contributed by atoms with Gasteiger partial charge in [0.25, 0.3) is 5.91 Å². The summed E-state index contributed by atoms with van der Waals surface area (Å²) in [6, 6.07) is 25.1. The molecule has 3 amide bonds. The molecule has 8 heteroatoms. The topological polar surface area (TPSA) is 108 Å². The van der Waals surface area contributed by atoms with Gasteiger partial charge in [0.15, 0.2) is 0 Å². The van der Waals surface area contributed by atoms with E-state index in [9.17, 15) is 19.5 Å². The number of hydrogen-bond donors (Lipinski definition) is 3. The molecule has 8 nitrogen and oxygen atoms in total. The van der Waals surface area contributed by atoms with E-state index in [-0.39, 0.29) is 12.2 Å². The first-order valence-electron chi connectivity index (χ1n) is 15.3. The molecule has 0 aromatic heterocycles. The molecule has 4 aromatic rings. The van der Waals surface area contributed by atoms with E-state index >= 15 is 0 Å². The number of phenols is 1. The van der Waals surface area contributed by atoms with Gasteiger partial charge >= 0.3 is 6.09 Å². The van der Waals surface area contributed by atoms with Gasteiger partial charge in [-0.25, -0.2) is 4.79 Å². The summed E-state index contributed by atoms with van der Waals surface area (Å²) >= 11 is 0. The van der Waals surface area contributed by atoms with Gasteiger partial charge in [-0.2, -0.15) is 0 Å². The van der Waals surface area contributed by atoms with Crippen molar-refractivity contribution in [2.24, 2.45) is 0 Å². The molecule has 3 N–H and O–H groups in total. The van der Waals surface area contributed by atoms with Crippen LogP contribution in [0.25, 0.3) is 16.8 Å². The lowest BCUT2D eigenvalue weighted by Crippen LogP contribution is -2.58. The number of rotatable bonds is 9. The van der Waals surface area contributed by atoms with E-state index in [0.717, 1.165) is 16.3 Å². The maximum absolute atomic E-state index is 14.8. The van der Waals surface area contributed by atoms with Crippen molar-refractivity contribution in [3.05, 3.63) is 114 Å². The number of carbonyl (C=O) groups excluding carboxylic acids is 3. The lowest BCUT2D eigenvalue weighted by molar-refractivity contribution is -0.146. The smallest absolute Gasteiger partial charge is 0.408 e. The molecule has 0 fully saturated rings. The minimum Gasteiger partial charge on any atom is -0.508 e. The lowest BCUT2D eigenvalue weighted by Gasteiger charge is -2.43. The minimum absolute atomic E-state index is 0.0792. The van der Waals surface area contributed by atoms with Crippen LogP contribution < -0.4 is 10.6 Å². The maximum atomic E-state index is 14.8. The second-order valence-corrected chi connectivity index (χ2v) is 13.3. The molecule has 0 heterocycles. The number of amides is 3. The molecule has 0 radical (unpaired) electrons. The van der Waals surface area contributed by atoms with Crippen molar-refractivity contribution >= 4 is 40.4 Å². The van der Waals surface area contributed by atoms with Crippen LogP contribution in [0.1, 0.15) is 64.3 Å². The highest BCUT2D eigenvalue weighted by Crippen LogP contribution is 2.32. The SMILES string of the molecule is C=Cc1cccc(C(C(=O)Nc2ccc3ccccc3c2)N(C(=O)C(Cc2ccc(O)cc2)NC(=O)OC(C)(C)C)C(C)(C)C)c1. The first kappa shape index (κ1) is 33.8. The third kappa shape index (κ3) is 8.75. The molecule has 46 heavy (non-hydrogen) atoms. The number of alkyl carbamates (subject to hydrolysis) is 1. The fourth-order valence-corrected chi connectivity index (χ4v) is 5.28. The van der Waals surface area contributed by atoms with E-state index < -0.39 is 41.1 Å². The van der Waals surface area contributed by atoms with Crippen molar-refractivity contribution in [2.45, 2.75) is 71.2 Å². The van der Waals surface area contributed by atoms with E-state index in [1.807, 2.05) is 81.4 Å². The van der Waals surface area contributed by atoms with E-state index in [1.54, 1.807) is 45.0 Å². The lowest BCUT2D eigenvalue weighted by atomic mass is 9.93. The Morgan fingerprint density at radius 3 is 2.17 bits per heavy atom. The average Bonchev–Trinajstić information content (AvgIpc) is 2.98. The summed E-state index contributed by atoms with van der Waals surface area (Å²) in [7, 11) is 0. The number of hydrogen-bond acceptors (Lipinski definition) is 5. The second-order valence-electron chi connectivity index (χ2n) is 13.3. The van der Waals surface area contributed by atoms with Gasteiger partial charge in [0.2, 0.25) is 5.91 Å². The summed E-state index contributed by atoms with van der Waals surface area (Å²) in [5.41, 5.74) is 0.978. The van der Waals surface area contributed by atoms with Crippen LogP contribution in [0, 0.1) is 0 Å². The summed E-state index contributed by atoms with van der Waals surface area (Å²) in [5, 5.41) is 17.6. The molecule has 2 unspecified atom stereocenters. The average molecular weight is 622 g/mol. The Labute approximate surface area is 271 Å². The Hall–Kier alpha value is -5.11. The van der Waals surface area contributed by atoms with Crippen molar-refractivity contribution < 1.29 is 24.2 Å². The van der Waals surface area contributed by atoms with Gasteiger partial charge in [-0.05, 0) is 99.3 Å². The highest BCUT2D eigenvalue weighted by Gasteiger charge is 2.42. The number of fused-ring (bicyclic) bond motifs is 1. The van der Waals surface area contributed by atoms with E-state index in [2.05, 4.69) is 17.2 Å². The van der Waals surface area contributed by atoms with E-state index in [1.165, 1.54) is 17.0 Å². The third-order valence-corrected chi connectivity index (χ3v) is 7.31. The van der Waals surface area contributed by atoms with Crippen molar-refractivity contribution in [3.63, 3.8) is 0 Å². The molecule has 2 atom stereocenters. The van der Waals surface area contributed by atoms with Gasteiger partial charge in [-0.3, -0.25) is 9.59 Å². The molecular weight excluding hydrogens is 578 g/mol. The van der Waals surface area contributed by atoms with Crippen molar-refractivity contribution in [1.82, 2.24) is 10.2 Å². The standard InChI is InChI=1S/C38H43N3O5/c1-8-25-12-11-15-29(22-25)33(34(43)39-30-19-18-27-13-9-10-14-28(27)24-30)41(37(2,3)4)35(44)32(40-36(45)46-38(5,6)7)23-26-16-20-31(42)21-17-26/h8-22,24,32-33,42H,1,23H2,2-7H3,(H,39,43)(H,40,45). The van der Waals surface area contributed by atoms with Crippen LogP contribution in [-0.2, 0) is 20.7 Å². The monoisotopic (exact) mass is 621 g/mol. The number of carbonyl (C=O) groups is 3. The molecule has 0 saturated heterocycles. The third-order valence-electron chi connectivity index (χ3n) is 7.31. The van der Waals surface area contributed by atoms with Crippen LogP contribution in [0.15, 0.2) is 97.6 Å². The van der Waals surface area contributed by atoms with Crippen LogP contribution in [0.4, 0.5) is 10.5 Å². The van der Waals surface area contributed by atoms with Crippen LogP contribution in [0.2, 0.25) is 0 Å². The zero-order valence-corrected chi connectivity index (χ0v) is 27.3. The van der Waals surface area contributed by atoms with Gasteiger partial charge in [0.1, 0.15) is 23.4 Å². The number of anilines is 1. The Morgan fingerprint density at radius 2 is 1.54 bits per heavy atom. The molecule has 0 aliphatic carbocycles. The fourth-order valence-electron chi connectivity index (χ4n) is 5.28. The molecular formula is C38H43N3O5. The molecule has 0 aliphatic rings. The Balaban J connectivity index is 1.80. The fraction of sp³-hybridized carbons (Fsp3) is 0.289. The van der Waals surface area contributed by atoms with Gasteiger partial charge in [0.05, 0.1) is 0 Å². The summed E-state index contributed by atoms with van der Waals surface area (Å²) < 4.78 is 5.53. The summed E-state index contributed by atoms with van der Waals surface area (Å²) in [5.74, 6) is -0.815. The number of nitrogens with one attached hydrogen (secondary N) is 2. The normalized spacial score (nSPS) is 12.9. The number of nitrogens with zero attached hydrogens (tertiary/aromatic N) is 1. The van der Waals surface area contributed by atoms with Gasteiger partial charge in [-0.15, -0.1) is 0 Å². The van der Waals surface area contributed by atoms with Gasteiger partial charge in [-0.1, -0.05) is 73.3 Å². The Morgan fingerprint density at radius 1 is 0.870 bits per heavy atom. The summed E-state index contributed by atoms with van der Waals surface area (Å²) in [4.78, 5) is 43.8. The van der Waals surface area contributed by atoms with Crippen LogP contribution >= 0.6 is 0 Å². The zero-order chi connectivity index (χ0) is 33.6.